The molecule has 3 nitrogen and oxygen atoms in total. The molecule has 0 aromatic carbocycles. The second-order valence-corrected chi connectivity index (χ2v) is 4.92. The summed E-state index contributed by atoms with van der Waals surface area (Å²) in [6, 6.07) is 0. The van der Waals surface area contributed by atoms with Crippen LogP contribution in [-0.4, -0.2) is 16.4 Å². The van der Waals surface area contributed by atoms with E-state index in [1.165, 1.54) is 13.3 Å². The van der Waals surface area contributed by atoms with Crippen molar-refractivity contribution in [3.63, 3.8) is 0 Å². The first-order valence-electron chi connectivity index (χ1n) is 5.59. The Morgan fingerprint density at radius 3 is 2.40 bits per heavy atom. The van der Waals surface area contributed by atoms with Gasteiger partial charge >= 0.3 is 0 Å². The molecule has 1 aliphatic carbocycles. The van der Waals surface area contributed by atoms with Crippen molar-refractivity contribution in [2.24, 2.45) is 11.7 Å². The van der Waals surface area contributed by atoms with Crippen molar-refractivity contribution >= 4 is 23.1 Å². The maximum atomic E-state index is 11.1. The first-order valence-corrected chi connectivity index (χ1v) is 5.99. The van der Waals surface area contributed by atoms with Crippen molar-refractivity contribution in [3.05, 3.63) is 0 Å². The number of carbonyl (C=O) groups excluding carboxylic acids is 1. The molecular weight excluding hydrogens is 208 g/mol. The van der Waals surface area contributed by atoms with Gasteiger partial charge in [-0.3, -0.25) is 4.79 Å². The van der Waals surface area contributed by atoms with Crippen LogP contribution >= 0.6 is 12.2 Å². The summed E-state index contributed by atoms with van der Waals surface area (Å²) in [6.45, 7) is 3.72. The smallest absolute Gasteiger partial charge is 0.217 e. The molecule has 15 heavy (non-hydrogen) atoms. The SMILES string of the molecule is CCC1CCC(NC(C)=O)(C(N)=S)CC1. The summed E-state index contributed by atoms with van der Waals surface area (Å²) in [5.74, 6) is 0.721. The molecule has 0 radical (unpaired) electrons. The largest absolute Gasteiger partial charge is 0.391 e. The van der Waals surface area contributed by atoms with Crippen molar-refractivity contribution in [3.8, 4) is 0 Å². The quantitative estimate of drug-likeness (QED) is 0.724. The highest BCUT2D eigenvalue weighted by molar-refractivity contribution is 7.80. The van der Waals surface area contributed by atoms with E-state index in [2.05, 4.69) is 12.2 Å². The van der Waals surface area contributed by atoms with E-state index in [-0.39, 0.29) is 5.91 Å². The summed E-state index contributed by atoms with van der Waals surface area (Å²) in [5.41, 5.74) is 5.34. The summed E-state index contributed by atoms with van der Waals surface area (Å²) in [7, 11) is 0. The Morgan fingerprint density at radius 2 is 2.07 bits per heavy atom. The predicted molar refractivity (Wildman–Crippen MR) is 65.6 cm³/mol. The van der Waals surface area contributed by atoms with Gasteiger partial charge < -0.3 is 11.1 Å². The summed E-state index contributed by atoms with van der Waals surface area (Å²) in [6.07, 6.45) is 5.19. The summed E-state index contributed by atoms with van der Waals surface area (Å²) in [4.78, 5) is 11.6. The molecule has 4 heteroatoms. The lowest BCUT2D eigenvalue weighted by atomic mass is 9.75. The first-order chi connectivity index (χ1) is 7.00. The van der Waals surface area contributed by atoms with E-state index in [1.54, 1.807) is 0 Å². The lowest BCUT2D eigenvalue weighted by Crippen LogP contribution is -2.57. The minimum atomic E-state index is -0.410. The zero-order valence-corrected chi connectivity index (χ0v) is 10.3. The van der Waals surface area contributed by atoms with E-state index in [0.29, 0.717) is 4.99 Å². The standard InChI is InChI=1S/C11H20N2OS/c1-3-9-4-6-11(7-5-9,10(12)15)13-8(2)14/h9H,3-7H2,1-2H3,(H2,12,15)(H,13,14). The predicted octanol–water partition coefficient (Wildman–Crippen LogP) is 1.75. The molecule has 0 aliphatic heterocycles. The number of rotatable bonds is 3. The average molecular weight is 228 g/mol. The van der Waals surface area contributed by atoms with Gasteiger partial charge in [-0.1, -0.05) is 25.6 Å². The second kappa shape index (κ2) is 4.92. The molecule has 0 atom stereocenters. The summed E-state index contributed by atoms with van der Waals surface area (Å²) < 4.78 is 0. The van der Waals surface area contributed by atoms with Gasteiger partial charge in [0.15, 0.2) is 0 Å². The van der Waals surface area contributed by atoms with E-state index in [0.717, 1.165) is 31.6 Å². The van der Waals surface area contributed by atoms with Crippen molar-refractivity contribution < 1.29 is 4.79 Å². The molecule has 0 heterocycles. The molecule has 0 saturated heterocycles. The number of carbonyl (C=O) groups is 1. The van der Waals surface area contributed by atoms with Crippen LogP contribution in [-0.2, 0) is 4.79 Å². The third-order valence-electron chi connectivity index (χ3n) is 3.42. The van der Waals surface area contributed by atoms with E-state index >= 15 is 0 Å². The fourth-order valence-corrected chi connectivity index (χ4v) is 2.60. The Bertz CT molecular complexity index is 257. The zero-order valence-electron chi connectivity index (χ0n) is 9.51. The Labute approximate surface area is 96.8 Å². The van der Waals surface area contributed by atoms with Crippen LogP contribution in [0.1, 0.15) is 46.0 Å². The Balaban J connectivity index is 2.69. The molecule has 3 N–H and O–H groups in total. The van der Waals surface area contributed by atoms with Crippen LogP contribution in [0.15, 0.2) is 0 Å². The van der Waals surface area contributed by atoms with Gasteiger partial charge in [-0.25, -0.2) is 0 Å². The van der Waals surface area contributed by atoms with Gasteiger partial charge in [-0.05, 0) is 31.6 Å². The fraction of sp³-hybridized carbons (Fsp3) is 0.818. The average Bonchev–Trinajstić information content (AvgIpc) is 2.17. The molecule has 1 amide bonds. The number of nitrogens with one attached hydrogen (secondary N) is 1. The fourth-order valence-electron chi connectivity index (χ4n) is 2.35. The third-order valence-corrected chi connectivity index (χ3v) is 3.81. The van der Waals surface area contributed by atoms with Gasteiger partial charge in [0.05, 0.1) is 10.5 Å². The van der Waals surface area contributed by atoms with Gasteiger partial charge in [0, 0.05) is 6.92 Å². The van der Waals surface area contributed by atoms with Crippen molar-refractivity contribution in [2.75, 3.05) is 0 Å². The molecule has 1 fully saturated rings. The topological polar surface area (TPSA) is 55.1 Å². The Hall–Kier alpha value is -0.640. The highest BCUT2D eigenvalue weighted by atomic mass is 32.1. The van der Waals surface area contributed by atoms with Crippen LogP contribution < -0.4 is 11.1 Å². The molecular formula is C11H20N2OS. The molecule has 1 rings (SSSR count). The minimum absolute atomic E-state index is 0.0438. The van der Waals surface area contributed by atoms with Crippen LogP contribution in [0.3, 0.4) is 0 Å². The molecule has 0 unspecified atom stereocenters. The highest BCUT2D eigenvalue weighted by Crippen LogP contribution is 2.33. The highest BCUT2D eigenvalue weighted by Gasteiger charge is 2.38. The molecule has 0 aromatic heterocycles. The Kier molecular flexibility index (Phi) is 4.08. The van der Waals surface area contributed by atoms with Gasteiger partial charge in [0.25, 0.3) is 0 Å². The molecule has 1 aliphatic rings. The molecule has 0 spiro atoms. The molecule has 86 valence electrons. The number of thiocarbonyl (C=S) groups is 1. The maximum absolute atomic E-state index is 11.1. The van der Waals surface area contributed by atoms with Crippen LogP contribution in [0.2, 0.25) is 0 Å². The van der Waals surface area contributed by atoms with Crippen LogP contribution in [0.5, 0.6) is 0 Å². The first kappa shape index (κ1) is 12.4. The molecule has 0 bridgehead atoms. The van der Waals surface area contributed by atoms with Gasteiger partial charge in [-0.15, -0.1) is 0 Å². The molecule has 1 saturated carbocycles. The van der Waals surface area contributed by atoms with Crippen LogP contribution in [0.25, 0.3) is 0 Å². The molecule has 0 aromatic rings. The number of hydrogen-bond donors (Lipinski definition) is 2. The van der Waals surface area contributed by atoms with Gasteiger partial charge in [0.2, 0.25) is 5.91 Å². The number of hydrogen-bond acceptors (Lipinski definition) is 2. The summed E-state index contributed by atoms with van der Waals surface area (Å²) >= 11 is 5.08. The number of nitrogens with two attached hydrogens (primary N) is 1. The monoisotopic (exact) mass is 228 g/mol. The third kappa shape index (κ3) is 2.91. The van der Waals surface area contributed by atoms with E-state index in [1.807, 2.05) is 0 Å². The maximum Gasteiger partial charge on any atom is 0.217 e. The Morgan fingerprint density at radius 1 is 1.53 bits per heavy atom. The van der Waals surface area contributed by atoms with Crippen molar-refractivity contribution in [1.82, 2.24) is 5.32 Å². The van der Waals surface area contributed by atoms with E-state index in [9.17, 15) is 4.79 Å². The minimum Gasteiger partial charge on any atom is -0.391 e. The zero-order chi connectivity index (χ0) is 11.5. The van der Waals surface area contributed by atoms with Gasteiger partial charge in [0.1, 0.15) is 0 Å². The van der Waals surface area contributed by atoms with E-state index < -0.39 is 5.54 Å². The second-order valence-electron chi connectivity index (χ2n) is 4.48. The lowest BCUT2D eigenvalue weighted by molar-refractivity contribution is -0.120. The lowest BCUT2D eigenvalue weighted by Gasteiger charge is -2.39. The van der Waals surface area contributed by atoms with E-state index in [4.69, 9.17) is 18.0 Å². The van der Waals surface area contributed by atoms with Crippen LogP contribution in [0, 0.1) is 5.92 Å². The normalized spacial score (nSPS) is 30.9. The van der Waals surface area contributed by atoms with Crippen LogP contribution in [0.4, 0.5) is 0 Å². The van der Waals surface area contributed by atoms with Crippen molar-refractivity contribution in [2.45, 2.75) is 51.5 Å². The summed E-state index contributed by atoms with van der Waals surface area (Å²) in [5, 5.41) is 2.93. The van der Waals surface area contributed by atoms with Crippen molar-refractivity contribution in [1.29, 1.82) is 0 Å². The number of amides is 1. The van der Waals surface area contributed by atoms with Gasteiger partial charge in [-0.2, -0.15) is 0 Å².